The number of amides is 1. The molecule has 0 radical (unpaired) electrons. The van der Waals surface area contributed by atoms with Crippen LogP contribution in [0.15, 0.2) is 25.5 Å². The van der Waals surface area contributed by atoms with Gasteiger partial charge in [-0.2, -0.15) is 4.31 Å². The summed E-state index contributed by atoms with van der Waals surface area (Å²) in [5, 5.41) is 4.71. The summed E-state index contributed by atoms with van der Waals surface area (Å²) in [5.74, 6) is -0.618. The van der Waals surface area contributed by atoms with E-state index in [1.165, 1.54) is 33.9 Å². The number of hydrogen-bond acceptors (Lipinski definition) is 7. The molecule has 140 valence electrons. The smallest absolute Gasteiger partial charge is 0.252 e. The van der Waals surface area contributed by atoms with E-state index in [9.17, 15) is 18.0 Å². The van der Waals surface area contributed by atoms with Gasteiger partial charge < -0.3 is 5.32 Å². The van der Waals surface area contributed by atoms with Crippen LogP contribution in [0.2, 0.25) is 0 Å². The zero-order chi connectivity index (χ0) is 18.9. The summed E-state index contributed by atoms with van der Waals surface area (Å²) < 4.78 is 27.7. The second-order valence-corrected chi connectivity index (χ2v) is 11.3. The van der Waals surface area contributed by atoms with Crippen molar-refractivity contribution < 1.29 is 18.0 Å². The number of halogens is 1. The van der Waals surface area contributed by atoms with Crippen LogP contribution in [-0.4, -0.2) is 42.5 Å². The second-order valence-electron chi connectivity index (χ2n) is 5.82. The van der Waals surface area contributed by atoms with E-state index in [-0.39, 0.29) is 17.6 Å². The molecule has 2 aromatic heterocycles. The molecule has 1 N–H and O–H groups in total. The first-order valence-electron chi connectivity index (χ1n) is 7.80. The zero-order valence-electron chi connectivity index (χ0n) is 13.8. The Labute approximate surface area is 167 Å². The van der Waals surface area contributed by atoms with Crippen molar-refractivity contribution in [3.8, 4) is 0 Å². The normalized spacial score (nSPS) is 16.5. The summed E-state index contributed by atoms with van der Waals surface area (Å²) in [4.78, 5) is 27.7. The third kappa shape index (κ3) is 4.22. The lowest BCUT2D eigenvalue weighted by atomic mass is 9.97. The summed E-state index contributed by atoms with van der Waals surface area (Å²) in [6.07, 6.45) is 0.894. The Morgan fingerprint density at radius 3 is 2.54 bits per heavy atom. The maximum atomic E-state index is 12.6. The molecule has 0 aromatic carbocycles. The number of nitrogens with one attached hydrogen (secondary N) is 1. The van der Waals surface area contributed by atoms with Crippen LogP contribution in [0.1, 0.15) is 30.3 Å². The first-order valence-corrected chi connectivity index (χ1v) is 11.7. The van der Waals surface area contributed by atoms with Gasteiger partial charge in [0.1, 0.15) is 9.90 Å². The Morgan fingerprint density at radius 1 is 1.31 bits per heavy atom. The summed E-state index contributed by atoms with van der Waals surface area (Å²) in [7, 11) is -3.51. The molecule has 7 nitrogen and oxygen atoms in total. The number of sulfonamides is 1. The Hall–Kier alpha value is -1.14. The lowest BCUT2D eigenvalue weighted by molar-refractivity contribution is -0.120. The topological polar surface area (TPSA) is 96.4 Å². The van der Waals surface area contributed by atoms with Crippen molar-refractivity contribution in [1.29, 1.82) is 0 Å². The van der Waals surface area contributed by atoms with E-state index in [1.54, 1.807) is 17.5 Å². The number of thiophene rings is 1. The van der Waals surface area contributed by atoms with Gasteiger partial charge in [-0.1, -0.05) is 0 Å². The number of ketones is 1. The van der Waals surface area contributed by atoms with Gasteiger partial charge in [0.15, 0.2) is 10.9 Å². The van der Waals surface area contributed by atoms with E-state index in [0.29, 0.717) is 41.0 Å². The molecule has 3 rings (SSSR count). The molecule has 0 atom stereocenters. The predicted molar refractivity (Wildman–Crippen MR) is 104 cm³/mol. The molecule has 0 bridgehead atoms. The molecule has 0 saturated carbocycles. The molecule has 0 unspecified atom stereocenters. The molecule has 26 heavy (non-hydrogen) atoms. The van der Waals surface area contributed by atoms with Crippen molar-refractivity contribution in [2.45, 2.75) is 24.0 Å². The average Bonchev–Trinajstić information content (AvgIpc) is 3.24. The van der Waals surface area contributed by atoms with Crippen LogP contribution in [0.3, 0.4) is 0 Å². The zero-order valence-corrected chi connectivity index (χ0v) is 17.8. The van der Waals surface area contributed by atoms with Gasteiger partial charge in [0.05, 0.1) is 3.79 Å². The van der Waals surface area contributed by atoms with E-state index in [1.807, 2.05) is 0 Å². The van der Waals surface area contributed by atoms with Crippen molar-refractivity contribution in [3.05, 3.63) is 27.0 Å². The van der Waals surface area contributed by atoms with Crippen molar-refractivity contribution in [1.82, 2.24) is 9.29 Å². The monoisotopic (exact) mass is 477 g/mol. The highest BCUT2D eigenvalue weighted by Crippen LogP contribution is 2.31. The molecule has 3 heterocycles. The Balaban J connectivity index is 1.59. The SMILES string of the molecule is CC(=O)c1csc(NC(=O)C2CCN(S(=O)(=O)c3ccc(Br)s3)CC2)n1. The fourth-order valence-electron chi connectivity index (χ4n) is 2.62. The molecule has 0 spiro atoms. The molecule has 2 aromatic rings. The van der Waals surface area contributed by atoms with Crippen LogP contribution in [-0.2, 0) is 14.8 Å². The molecule has 1 amide bonds. The third-order valence-corrected chi connectivity index (χ3v) is 8.81. The highest BCUT2D eigenvalue weighted by atomic mass is 79.9. The van der Waals surface area contributed by atoms with Crippen LogP contribution < -0.4 is 5.32 Å². The minimum atomic E-state index is -3.51. The van der Waals surface area contributed by atoms with Crippen LogP contribution in [0.25, 0.3) is 0 Å². The van der Waals surface area contributed by atoms with Gasteiger partial charge in [-0.25, -0.2) is 13.4 Å². The van der Waals surface area contributed by atoms with Gasteiger partial charge in [0, 0.05) is 31.3 Å². The quantitative estimate of drug-likeness (QED) is 0.666. The van der Waals surface area contributed by atoms with E-state index in [0.717, 1.165) is 3.79 Å². The first kappa shape index (κ1) is 19.6. The summed E-state index contributed by atoms with van der Waals surface area (Å²) in [6.45, 7) is 2.02. The fourth-order valence-corrected chi connectivity index (χ4v) is 7.01. The molecule has 1 aliphatic rings. The molecule has 1 aliphatic heterocycles. The van der Waals surface area contributed by atoms with Gasteiger partial charge in [0.2, 0.25) is 5.91 Å². The van der Waals surface area contributed by atoms with Crippen molar-refractivity contribution in [3.63, 3.8) is 0 Å². The fraction of sp³-hybridized carbons (Fsp3) is 0.400. The summed E-state index contributed by atoms with van der Waals surface area (Å²) in [5.41, 5.74) is 0.327. The number of carbonyl (C=O) groups is 2. The van der Waals surface area contributed by atoms with E-state index in [2.05, 4.69) is 26.2 Å². The number of rotatable bonds is 5. The highest BCUT2D eigenvalue weighted by molar-refractivity contribution is 9.11. The number of hydrogen-bond donors (Lipinski definition) is 1. The molecule has 0 aliphatic carbocycles. The molecule has 11 heteroatoms. The molecular weight excluding hydrogens is 462 g/mol. The molecule has 1 fully saturated rings. The number of Topliss-reactive ketones (excluding diaryl/α,β-unsaturated/α-hetero) is 1. The summed E-state index contributed by atoms with van der Waals surface area (Å²) in [6, 6.07) is 3.29. The first-order chi connectivity index (χ1) is 12.3. The number of anilines is 1. The number of carbonyl (C=O) groups excluding carboxylic acids is 2. The van der Waals surface area contributed by atoms with Gasteiger partial charge in [-0.3, -0.25) is 9.59 Å². The van der Waals surface area contributed by atoms with Crippen molar-refractivity contribution >= 4 is 65.4 Å². The van der Waals surface area contributed by atoms with Crippen LogP contribution in [0.5, 0.6) is 0 Å². The maximum Gasteiger partial charge on any atom is 0.252 e. The predicted octanol–water partition coefficient (Wildman–Crippen LogP) is 3.21. The van der Waals surface area contributed by atoms with Gasteiger partial charge in [0.25, 0.3) is 10.0 Å². The van der Waals surface area contributed by atoms with Gasteiger partial charge >= 0.3 is 0 Å². The Bertz CT molecular complexity index is 930. The number of nitrogens with zero attached hydrogens (tertiary/aromatic N) is 2. The number of piperidine rings is 1. The maximum absolute atomic E-state index is 12.6. The summed E-state index contributed by atoms with van der Waals surface area (Å²) >= 11 is 5.65. The highest BCUT2D eigenvalue weighted by Gasteiger charge is 2.33. The lowest BCUT2D eigenvalue weighted by Gasteiger charge is -2.29. The third-order valence-electron chi connectivity index (χ3n) is 4.06. The van der Waals surface area contributed by atoms with Crippen molar-refractivity contribution in [2.75, 3.05) is 18.4 Å². The molecule has 1 saturated heterocycles. The largest absolute Gasteiger partial charge is 0.302 e. The van der Waals surface area contributed by atoms with Crippen molar-refractivity contribution in [2.24, 2.45) is 5.92 Å². The van der Waals surface area contributed by atoms with E-state index < -0.39 is 10.0 Å². The van der Waals surface area contributed by atoms with E-state index in [4.69, 9.17) is 0 Å². The van der Waals surface area contributed by atoms with Gasteiger partial charge in [-0.15, -0.1) is 22.7 Å². The molecular formula is C15H16BrN3O4S3. The van der Waals surface area contributed by atoms with Crippen LogP contribution in [0.4, 0.5) is 5.13 Å². The minimum Gasteiger partial charge on any atom is -0.302 e. The minimum absolute atomic E-state index is 0.152. The Kier molecular flexibility index (Phi) is 5.92. The van der Waals surface area contributed by atoms with E-state index >= 15 is 0 Å². The lowest BCUT2D eigenvalue weighted by Crippen LogP contribution is -2.41. The number of thiazole rings is 1. The average molecular weight is 478 g/mol. The number of aromatic nitrogens is 1. The van der Waals surface area contributed by atoms with Crippen LogP contribution >= 0.6 is 38.6 Å². The Morgan fingerprint density at radius 2 is 2.00 bits per heavy atom. The van der Waals surface area contributed by atoms with Crippen LogP contribution in [0, 0.1) is 5.92 Å². The van der Waals surface area contributed by atoms with Gasteiger partial charge in [-0.05, 0) is 40.9 Å². The second kappa shape index (κ2) is 7.85. The standard InChI is InChI=1S/C15H16BrN3O4S3/c1-9(20)11-8-24-15(17-11)18-14(21)10-4-6-19(7-5-10)26(22,23)13-3-2-12(16)25-13/h2-3,8,10H,4-7H2,1H3,(H,17,18,21).